The van der Waals surface area contributed by atoms with Gasteiger partial charge in [0.05, 0.1) is 21.3 Å². The molecule has 0 aliphatic carbocycles. The predicted octanol–water partition coefficient (Wildman–Crippen LogP) is 2.39. The smallest absolute Gasteiger partial charge is 0.225 e. The summed E-state index contributed by atoms with van der Waals surface area (Å²) in [5.74, 6) is 1.37. The minimum absolute atomic E-state index is 0.554. The second-order valence-electron chi connectivity index (χ2n) is 5.58. The summed E-state index contributed by atoms with van der Waals surface area (Å²) in [6.07, 6.45) is 4.21. The normalized spacial score (nSPS) is 19.0. The number of hydrogen-bond acceptors (Lipinski definition) is 6. The highest BCUT2D eigenvalue weighted by molar-refractivity contribution is 7.15. The Morgan fingerprint density at radius 3 is 2.95 bits per heavy atom. The quantitative estimate of drug-likeness (QED) is 0.943. The van der Waals surface area contributed by atoms with Crippen LogP contribution in [0.3, 0.4) is 0 Å². The highest BCUT2D eigenvalue weighted by Gasteiger charge is 2.21. The summed E-state index contributed by atoms with van der Waals surface area (Å²) in [5, 5.41) is 1.07. The summed E-state index contributed by atoms with van der Waals surface area (Å²) in [6, 6.07) is 1.97. The molecule has 0 spiro atoms. The van der Waals surface area contributed by atoms with Crippen LogP contribution in [0.2, 0.25) is 0 Å². The molecule has 1 fully saturated rings. The molecule has 1 unspecified atom stereocenters. The maximum absolute atomic E-state index is 5.81. The van der Waals surface area contributed by atoms with Crippen molar-refractivity contribution in [2.24, 2.45) is 11.7 Å². The Bertz CT molecular complexity index is 624. The van der Waals surface area contributed by atoms with E-state index >= 15 is 0 Å². The standard InChI is InChI=1S/C15H21N5S/c1-10-14(21-11(2)18-10)13-5-6-17-15(19-13)20-7-3-4-12(8-16)9-20/h5-6,12H,3-4,7-9,16H2,1-2H3. The molecule has 1 aliphatic heterocycles. The van der Waals surface area contributed by atoms with Gasteiger partial charge in [-0.25, -0.2) is 15.0 Å². The van der Waals surface area contributed by atoms with Crippen molar-refractivity contribution in [2.45, 2.75) is 26.7 Å². The number of nitrogens with two attached hydrogens (primary N) is 1. The molecular formula is C15H21N5S. The van der Waals surface area contributed by atoms with Crippen LogP contribution >= 0.6 is 11.3 Å². The van der Waals surface area contributed by atoms with Crippen LogP contribution in [-0.4, -0.2) is 34.6 Å². The fraction of sp³-hybridized carbons (Fsp3) is 0.533. The second kappa shape index (κ2) is 6.07. The molecule has 2 N–H and O–H groups in total. The Morgan fingerprint density at radius 1 is 1.38 bits per heavy atom. The average molecular weight is 303 g/mol. The predicted molar refractivity (Wildman–Crippen MR) is 86.6 cm³/mol. The Balaban J connectivity index is 1.88. The van der Waals surface area contributed by atoms with Crippen LogP contribution in [0.15, 0.2) is 12.3 Å². The number of aromatic nitrogens is 3. The number of aryl methyl sites for hydroxylation is 2. The van der Waals surface area contributed by atoms with Crippen LogP contribution in [0.4, 0.5) is 5.95 Å². The molecule has 0 aromatic carbocycles. The zero-order valence-corrected chi connectivity index (χ0v) is 13.4. The maximum atomic E-state index is 5.81. The van der Waals surface area contributed by atoms with Gasteiger partial charge < -0.3 is 10.6 Å². The lowest BCUT2D eigenvalue weighted by molar-refractivity contribution is 0.419. The van der Waals surface area contributed by atoms with Gasteiger partial charge >= 0.3 is 0 Å². The van der Waals surface area contributed by atoms with Gasteiger partial charge in [0.2, 0.25) is 5.95 Å². The van der Waals surface area contributed by atoms with Crippen LogP contribution in [0.1, 0.15) is 23.5 Å². The summed E-state index contributed by atoms with van der Waals surface area (Å²) < 4.78 is 0. The zero-order chi connectivity index (χ0) is 14.8. The van der Waals surface area contributed by atoms with E-state index in [1.807, 2.05) is 26.1 Å². The lowest BCUT2D eigenvalue weighted by Crippen LogP contribution is -2.39. The third kappa shape index (κ3) is 3.06. The molecule has 0 radical (unpaired) electrons. The Kier molecular flexibility index (Phi) is 4.17. The number of hydrogen-bond donors (Lipinski definition) is 1. The number of nitrogens with zero attached hydrogens (tertiary/aromatic N) is 4. The van der Waals surface area contributed by atoms with Gasteiger partial charge in [0.25, 0.3) is 0 Å². The lowest BCUT2D eigenvalue weighted by atomic mass is 9.99. The third-order valence-corrected chi connectivity index (χ3v) is 5.01. The fourth-order valence-electron chi connectivity index (χ4n) is 2.84. The van der Waals surface area contributed by atoms with Crippen LogP contribution in [0.25, 0.3) is 10.6 Å². The van der Waals surface area contributed by atoms with Gasteiger partial charge in [-0.3, -0.25) is 0 Å². The van der Waals surface area contributed by atoms with Crippen LogP contribution in [-0.2, 0) is 0 Å². The first-order valence-corrected chi connectivity index (χ1v) is 8.21. The van der Waals surface area contributed by atoms with Crippen molar-refractivity contribution in [1.29, 1.82) is 0 Å². The molecule has 0 amide bonds. The van der Waals surface area contributed by atoms with Crippen molar-refractivity contribution in [3.05, 3.63) is 23.0 Å². The lowest BCUT2D eigenvalue weighted by Gasteiger charge is -2.32. The zero-order valence-electron chi connectivity index (χ0n) is 12.5. The first kappa shape index (κ1) is 14.4. The fourth-order valence-corrected chi connectivity index (χ4v) is 3.72. The first-order chi connectivity index (χ1) is 10.2. The molecule has 1 aliphatic rings. The number of thiazole rings is 1. The van der Waals surface area contributed by atoms with Crippen LogP contribution < -0.4 is 10.6 Å². The van der Waals surface area contributed by atoms with Crippen molar-refractivity contribution in [3.8, 4) is 10.6 Å². The Labute approximate surface area is 129 Å². The van der Waals surface area contributed by atoms with Crippen molar-refractivity contribution in [1.82, 2.24) is 15.0 Å². The molecule has 3 rings (SSSR count). The molecular weight excluding hydrogens is 282 g/mol. The third-order valence-electron chi connectivity index (χ3n) is 3.91. The second-order valence-corrected chi connectivity index (χ2v) is 6.78. The van der Waals surface area contributed by atoms with E-state index in [9.17, 15) is 0 Å². The van der Waals surface area contributed by atoms with Gasteiger partial charge in [0.15, 0.2) is 0 Å². The molecule has 6 heteroatoms. The van der Waals surface area contributed by atoms with Gasteiger partial charge in [-0.05, 0) is 45.2 Å². The minimum atomic E-state index is 0.554. The summed E-state index contributed by atoms with van der Waals surface area (Å²) in [6.45, 7) is 6.77. The molecule has 2 aromatic rings. The summed E-state index contributed by atoms with van der Waals surface area (Å²) >= 11 is 1.69. The maximum Gasteiger partial charge on any atom is 0.225 e. The summed E-state index contributed by atoms with van der Waals surface area (Å²) in [7, 11) is 0. The number of rotatable bonds is 3. The largest absolute Gasteiger partial charge is 0.340 e. The molecule has 2 aromatic heterocycles. The molecule has 0 saturated carbocycles. The molecule has 3 heterocycles. The Hall–Kier alpha value is -1.53. The summed E-state index contributed by atoms with van der Waals surface area (Å²) in [4.78, 5) is 17.1. The highest BCUT2D eigenvalue weighted by atomic mass is 32.1. The van der Waals surface area contributed by atoms with E-state index in [2.05, 4.69) is 14.9 Å². The van der Waals surface area contributed by atoms with Gasteiger partial charge in [-0.2, -0.15) is 0 Å². The van der Waals surface area contributed by atoms with E-state index in [1.54, 1.807) is 11.3 Å². The van der Waals surface area contributed by atoms with Crippen molar-refractivity contribution in [3.63, 3.8) is 0 Å². The average Bonchev–Trinajstić information content (AvgIpc) is 2.86. The van der Waals surface area contributed by atoms with E-state index in [-0.39, 0.29) is 0 Å². The van der Waals surface area contributed by atoms with Crippen LogP contribution in [0.5, 0.6) is 0 Å². The van der Waals surface area contributed by atoms with Crippen molar-refractivity contribution < 1.29 is 0 Å². The minimum Gasteiger partial charge on any atom is -0.340 e. The van der Waals surface area contributed by atoms with E-state index < -0.39 is 0 Å². The number of anilines is 1. The molecule has 112 valence electrons. The Morgan fingerprint density at radius 2 is 2.24 bits per heavy atom. The summed E-state index contributed by atoms with van der Waals surface area (Å²) in [5.41, 5.74) is 7.83. The first-order valence-electron chi connectivity index (χ1n) is 7.40. The van der Waals surface area contributed by atoms with E-state index in [4.69, 9.17) is 10.7 Å². The van der Waals surface area contributed by atoms with Gasteiger partial charge in [0.1, 0.15) is 0 Å². The van der Waals surface area contributed by atoms with Gasteiger partial charge in [0, 0.05) is 19.3 Å². The van der Waals surface area contributed by atoms with Gasteiger partial charge in [-0.15, -0.1) is 11.3 Å². The van der Waals surface area contributed by atoms with E-state index in [0.29, 0.717) is 5.92 Å². The molecule has 1 saturated heterocycles. The molecule has 21 heavy (non-hydrogen) atoms. The van der Waals surface area contributed by atoms with E-state index in [1.165, 1.54) is 6.42 Å². The number of piperidine rings is 1. The van der Waals surface area contributed by atoms with Gasteiger partial charge in [-0.1, -0.05) is 0 Å². The van der Waals surface area contributed by atoms with E-state index in [0.717, 1.165) is 53.3 Å². The molecule has 0 bridgehead atoms. The van der Waals surface area contributed by atoms with Crippen molar-refractivity contribution in [2.75, 3.05) is 24.5 Å². The molecule has 5 nitrogen and oxygen atoms in total. The monoisotopic (exact) mass is 303 g/mol. The molecule has 1 atom stereocenters. The highest BCUT2D eigenvalue weighted by Crippen LogP contribution is 2.29. The van der Waals surface area contributed by atoms with Crippen molar-refractivity contribution >= 4 is 17.3 Å². The SMILES string of the molecule is Cc1nc(C)c(-c2ccnc(N3CCCC(CN)C3)n2)s1. The topological polar surface area (TPSA) is 67.9 Å². The van der Waals surface area contributed by atoms with Crippen LogP contribution in [0, 0.1) is 19.8 Å².